The quantitative estimate of drug-likeness (QED) is 0.400. The Balaban J connectivity index is 1.69. The van der Waals surface area contributed by atoms with E-state index in [1.54, 1.807) is 39.0 Å². The molecule has 0 radical (unpaired) electrons. The molecule has 188 valence electrons. The van der Waals surface area contributed by atoms with E-state index >= 15 is 0 Å². The summed E-state index contributed by atoms with van der Waals surface area (Å²) in [6, 6.07) is 11.8. The lowest BCUT2D eigenvalue weighted by atomic mass is 10.1. The SMILES string of the molecule is Cc1cc(=O)n(CC(C)(C)O)c2ccc(-n3ccnc(Sc4ccc(OC(F)(F)F)cc4)c3=O)cc12. The van der Waals surface area contributed by atoms with E-state index in [0.29, 0.717) is 16.1 Å². The molecule has 4 aromatic rings. The normalized spacial score (nSPS) is 12.2. The largest absolute Gasteiger partial charge is 0.573 e. The molecule has 0 aliphatic heterocycles. The van der Waals surface area contributed by atoms with Gasteiger partial charge in [-0.15, -0.1) is 13.2 Å². The van der Waals surface area contributed by atoms with E-state index in [4.69, 9.17) is 0 Å². The van der Waals surface area contributed by atoms with Crippen LogP contribution >= 0.6 is 11.8 Å². The average Bonchev–Trinajstić information content (AvgIpc) is 2.77. The number of aryl methyl sites for hydroxylation is 1. The number of pyridine rings is 1. The second kappa shape index (κ2) is 9.47. The lowest BCUT2D eigenvalue weighted by molar-refractivity contribution is -0.274. The van der Waals surface area contributed by atoms with Crippen molar-refractivity contribution < 1.29 is 23.0 Å². The molecule has 36 heavy (non-hydrogen) atoms. The number of aromatic nitrogens is 3. The van der Waals surface area contributed by atoms with Crippen LogP contribution < -0.4 is 15.9 Å². The maximum absolute atomic E-state index is 13.2. The molecule has 0 saturated carbocycles. The van der Waals surface area contributed by atoms with Crippen LogP contribution in [0.4, 0.5) is 13.2 Å². The molecule has 11 heteroatoms. The van der Waals surface area contributed by atoms with Crippen molar-refractivity contribution in [2.75, 3.05) is 0 Å². The van der Waals surface area contributed by atoms with Gasteiger partial charge < -0.3 is 14.4 Å². The van der Waals surface area contributed by atoms with Gasteiger partial charge in [0.1, 0.15) is 5.75 Å². The third kappa shape index (κ3) is 5.80. The molecule has 0 bridgehead atoms. The smallest absolute Gasteiger partial charge is 0.406 e. The Morgan fingerprint density at radius 1 is 1.06 bits per heavy atom. The van der Waals surface area contributed by atoms with Gasteiger partial charge >= 0.3 is 6.36 Å². The minimum absolute atomic E-state index is 0.102. The summed E-state index contributed by atoms with van der Waals surface area (Å²) < 4.78 is 43.9. The van der Waals surface area contributed by atoms with Crippen LogP contribution in [0, 0.1) is 6.92 Å². The molecule has 0 atom stereocenters. The molecule has 2 aromatic carbocycles. The molecule has 0 fully saturated rings. The molecule has 1 N–H and O–H groups in total. The van der Waals surface area contributed by atoms with Crippen molar-refractivity contribution in [2.45, 2.75) is 49.2 Å². The molecule has 7 nitrogen and oxygen atoms in total. The maximum atomic E-state index is 13.2. The van der Waals surface area contributed by atoms with Crippen molar-refractivity contribution in [2.24, 2.45) is 0 Å². The van der Waals surface area contributed by atoms with Gasteiger partial charge in [0.05, 0.1) is 17.7 Å². The number of nitrogens with zero attached hydrogens (tertiary/aromatic N) is 3. The molecule has 2 heterocycles. The van der Waals surface area contributed by atoms with Crippen LogP contribution in [-0.4, -0.2) is 31.2 Å². The topological polar surface area (TPSA) is 86.3 Å². The van der Waals surface area contributed by atoms with Crippen LogP contribution in [-0.2, 0) is 6.54 Å². The van der Waals surface area contributed by atoms with Gasteiger partial charge in [0.25, 0.3) is 11.1 Å². The Morgan fingerprint density at radius 3 is 2.39 bits per heavy atom. The van der Waals surface area contributed by atoms with E-state index in [-0.39, 0.29) is 22.9 Å². The lowest BCUT2D eigenvalue weighted by Gasteiger charge is -2.21. The predicted octanol–water partition coefficient (Wildman–Crippen LogP) is 4.68. The summed E-state index contributed by atoms with van der Waals surface area (Å²) in [5.41, 5.74) is 0.143. The number of alkyl halides is 3. The molecule has 0 aliphatic carbocycles. The van der Waals surface area contributed by atoms with Gasteiger partial charge in [-0.05, 0) is 68.8 Å². The fourth-order valence-corrected chi connectivity index (χ4v) is 4.52. The minimum Gasteiger partial charge on any atom is -0.406 e. The number of benzene rings is 2. The van der Waals surface area contributed by atoms with E-state index < -0.39 is 17.5 Å². The third-order valence-electron chi connectivity index (χ3n) is 5.21. The summed E-state index contributed by atoms with van der Waals surface area (Å²) in [7, 11) is 0. The van der Waals surface area contributed by atoms with E-state index in [1.807, 2.05) is 0 Å². The summed E-state index contributed by atoms with van der Waals surface area (Å²) in [5.74, 6) is -0.361. The molecule has 0 spiro atoms. The average molecular weight is 518 g/mol. The van der Waals surface area contributed by atoms with Crippen LogP contribution in [0.25, 0.3) is 16.6 Å². The van der Waals surface area contributed by atoms with Gasteiger partial charge in [0, 0.05) is 34.4 Å². The van der Waals surface area contributed by atoms with Gasteiger partial charge in [0.15, 0.2) is 5.03 Å². The number of fused-ring (bicyclic) bond motifs is 1. The molecule has 4 rings (SSSR count). The first-order chi connectivity index (χ1) is 16.8. The van der Waals surface area contributed by atoms with Gasteiger partial charge in [0.2, 0.25) is 0 Å². The maximum Gasteiger partial charge on any atom is 0.573 e. The van der Waals surface area contributed by atoms with Gasteiger partial charge in [-0.1, -0.05) is 11.8 Å². The highest BCUT2D eigenvalue weighted by molar-refractivity contribution is 7.99. The lowest BCUT2D eigenvalue weighted by Crippen LogP contribution is -2.33. The first-order valence-electron chi connectivity index (χ1n) is 10.8. The highest BCUT2D eigenvalue weighted by atomic mass is 32.2. The molecule has 0 amide bonds. The Hall–Kier alpha value is -3.57. The summed E-state index contributed by atoms with van der Waals surface area (Å²) >= 11 is 1.01. The minimum atomic E-state index is -4.79. The number of halogens is 3. The monoisotopic (exact) mass is 517 g/mol. The molecular weight excluding hydrogens is 495 g/mol. The zero-order valence-electron chi connectivity index (χ0n) is 19.5. The summed E-state index contributed by atoms with van der Waals surface area (Å²) in [5, 5.41) is 11.1. The Kier molecular flexibility index (Phi) is 6.72. The van der Waals surface area contributed by atoms with Crippen molar-refractivity contribution in [1.29, 1.82) is 0 Å². The van der Waals surface area contributed by atoms with Crippen molar-refractivity contribution in [1.82, 2.24) is 14.1 Å². The molecule has 0 saturated heterocycles. The number of ether oxygens (including phenoxy) is 1. The summed E-state index contributed by atoms with van der Waals surface area (Å²) in [4.78, 5) is 30.4. The zero-order chi connectivity index (χ0) is 26.3. The first kappa shape index (κ1) is 25.5. The van der Waals surface area contributed by atoms with E-state index in [0.717, 1.165) is 34.8 Å². The van der Waals surface area contributed by atoms with Crippen molar-refractivity contribution in [3.05, 3.63) is 87.2 Å². The van der Waals surface area contributed by atoms with E-state index in [9.17, 15) is 27.9 Å². The summed E-state index contributed by atoms with van der Waals surface area (Å²) in [6.45, 7) is 5.13. The Bertz CT molecular complexity index is 1540. The van der Waals surface area contributed by atoms with E-state index in [2.05, 4.69) is 9.72 Å². The van der Waals surface area contributed by atoms with Gasteiger partial charge in [-0.25, -0.2) is 4.98 Å². The first-order valence-corrected chi connectivity index (χ1v) is 11.6. The van der Waals surface area contributed by atoms with Crippen LogP contribution in [0.1, 0.15) is 19.4 Å². The second-order valence-corrected chi connectivity index (χ2v) is 9.86. The fraction of sp³-hybridized carbons (Fsp3) is 0.240. The van der Waals surface area contributed by atoms with Crippen LogP contribution in [0.5, 0.6) is 5.75 Å². The molecular formula is C25H22F3N3O4S. The second-order valence-electron chi connectivity index (χ2n) is 8.79. The van der Waals surface area contributed by atoms with Gasteiger partial charge in [-0.3, -0.25) is 14.2 Å². The number of rotatable bonds is 6. The standard InChI is InChI=1S/C25H22F3N3O4S/c1-15-12-21(32)31(14-24(2,3)34)20-9-4-16(13-19(15)20)30-11-10-29-22(23(30)33)36-18-7-5-17(6-8-18)35-25(26,27)28/h4-13,34H,14H2,1-3H3. The van der Waals surface area contributed by atoms with Crippen LogP contribution in [0.15, 0.2) is 80.4 Å². The predicted molar refractivity (Wildman–Crippen MR) is 130 cm³/mol. The Morgan fingerprint density at radius 2 is 1.75 bits per heavy atom. The fourth-order valence-electron chi connectivity index (χ4n) is 3.72. The van der Waals surface area contributed by atoms with E-state index in [1.165, 1.54) is 39.7 Å². The van der Waals surface area contributed by atoms with Crippen LogP contribution in [0.2, 0.25) is 0 Å². The van der Waals surface area contributed by atoms with Gasteiger partial charge in [-0.2, -0.15) is 0 Å². The molecule has 2 aromatic heterocycles. The molecule has 0 unspecified atom stereocenters. The highest BCUT2D eigenvalue weighted by Gasteiger charge is 2.31. The highest BCUT2D eigenvalue weighted by Crippen LogP contribution is 2.29. The third-order valence-corrected chi connectivity index (χ3v) is 6.19. The number of aliphatic hydroxyl groups is 1. The number of hydrogen-bond donors (Lipinski definition) is 1. The van der Waals surface area contributed by atoms with Crippen molar-refractivity contribution >= 4 is 22.7 Å². The van der Waals surface area contributed by atoms with Crippen molar-refractivity contribution in [3.63, 3.8) is 0 Å². The Labute approximate surface area is 207 Å². The van der Waals surface area contributed by atoms with Crippen LogP contribution in [0.3, 0.4) is 0 Å². The van der Waals surface area contributed by atoms with Crippen molar-refractivity contribution in [3.8, 4) is 11.4 Å². The summed E-state index contributed by atoms with van der Waals surface area (Å²) in [6.07, 6.45) is -1.82. The number of hydrogen-bond acceptors (Lipinski definition) is 6. The molecule has 0 aliphatic rings. The zero-order valence-corrected chi connectivity index (χ0v) is 20.4.